The molecule has 0 aliphatic heterocycles. The van der Waals surface area contributed by atoms with Gasteiger partial charge < -0.3 is 0 Å². The summed E-state index contributed by atoms with van der Waals surface area (Å²) in [5.74, 6) is 0. The fourth-order valence-corrected chi connectivity index (χ4v) is 5.49. The monoisotopic (exact) mass is 614 g/mol. The van der Waals surface area contributed by atoms with Gasteiger partial charge in [-0.15, -0.1) is 0 Å². The average molecular weight is 614 g/mol. The maximum absolute atomic E-state index is 5.12. The van der Waals surface area contributed by atoms with Crippen LogP contribution in [-0.2, 0) is 11.8 Å². The van der Waals surface area contributed by atoms with E-state index < -0.39 is 0 Å². The molecule has 4 aromatic rings. The average Bonchev–Trinajstić information content (AvgIpc) is 3.13. The van der Waals surface area contributed by atoms with Crippen molar-refractivity contribution in [3.63, 3.8) is 0 Å². The molecule has 2 heterocycles. The number of fused-ring (bicyclic) bond motifs is 3. The normalized spacial score (nSPS) is 12.5. The van der Waals surface area contributed by atoms with E-state index in [1.54, 1.807) is 0 Å². The molecule has 1 aliphatic rings. The van der Waals surface area contributed by atoms with E-state index in [9.17, 15) is 0 Å². The van der Waals surface area contributed by atoms with Crippen molar-refractivity contribution in [2.75, 3.05) is 0 Å². The number of rotatable bonds is 3. The minimum absolute atomic E-state index is 0.174. The molecule has 2 aromatic heterocycles. The highest BCUT2D eigenvalue weighted by Crippen LogP contribution is 2.42. The predicted molar refractivity (Wildman–Crippen MR) is 140 cm³/mol. The van der Waals surface area contributed by atoms with Crippen molar-refractivity contribution in [3.05, 3.63) is 102 Å². The number of hydrogen-bond acceptors (Lipinski definition) is 2. The summed E-state index contributed by atoms with van der Waals surface area (Å²) in [5.41, 5.74) is 9.47. The van der Waals surface area contributed by atoms with Crippen molar-refractivity contribution in [2.45, 2.75) is 25.7 Å². The summed E-state index contributed by atoms with van der Waals surface area (Å²) in [6.07, 6.45) is 2.83. The summed E-state index contributed by atoms with van der Waals surface area (Å²) >= 11 is 4.84. The van der Waals surface area contributed by atoms with Gasteiger partial charge in [-0.2, -0.15) is 0 Å². The first kappa shape index (κ1) is 20.1. The lowest BCUT2D eigenvalue weighted by molar-refractivity contribution is 0.616. The highest BCUT2D eigenvalue weighted by atomic mass is 127. The Bertz CT molecular complexity index is 1260. The van der Waals surface area contributed by atoms with E-state index in [2.05, 4.69) is 125 Å². The van der Waals surface area contributed by atoms with E-state index in [1.165, 1.54) is 29.4 Å². The molecule has 0 atom stereocenters. The van der Waals surface area contributed by atoms with Crippen molar-refractivity contribution in [1.29, 1.82) is 0 Å². The van der Waals surface area contributed by atoms with Gasteiger partial charge in [0, 0.05) is 36.3 Å². The molecule has 0 spiro atoms. The Hall–Kier alpha value is -1.80. The van der Waals surface area contributed by atoms with Gasteiger partial charge in [0.2, 0.25) is 0 Å². The maximum atomic E-state index is 5.12. The molecule has 0 amide bonds. The van der Waals surface area contributed by atoms with E-state index in [0.717, 1.165) is 29.1 Å². The van der Waals surface area contributed by atoms with Crippen LogP contribution in [0.15, 0.2) is 72.9 Å². The predicted octanol–water partition coefficient (Wildman–Crippen LogP) is 7.25. The molecule has 1 aliphatic carbocycles. The highest BCUT2D eigenvalue weighted by molar-refractivity contribution is 14.1. The van der Waals surface area contributed by atoms with Crippen LogP contribution >= 0.6 is 45.2 Å². The number of aromatic nitrogens is 2. The Morgan fingerprint density at radius 1 is 0.900 bits per heavy atom. The quantitative estimate of drug-likeness (QED) is 0.200. The third-order valence-electron chi connectivity index (χ3n) is 5.94. The smallest absolute Gasteiger partial charge is 0.0748 e. The van der Waals surface area contributed by atoms with Gasteiger partial charge >= 0.3 is 0 Å². The SMILES string of the molecule is CC(C)(c1cc(I)c2c(c1)-c1nc(-c3cccc(I)c3)ccc1C2)c1ccccn1. The Kier molecular flexibility index (Phi) is 5.17. The Morgan fingerprint density at radius 2 is 1.77 bits per heavy atom. The fourth-order valence-electron chi connectivity index (χ4n) is 4.13. The zero-order chi connectivity index (χ0) is 20.9. The van der Waals surface area contributed by atoms with Crippen LogP contribution in [0.5, 0.6) is 0 Å². The lowest BCUT2D eigenvalue weighted by atomic mass is 9.80. The molecule has 0 unspecified atom stereocenters. The summed E-state index contributed by atoms with van der Waals surface area (Å²) in [5, 5.41) is 0. The maximum Gasteiger partial charge on any atom is 0.0748 e. The number of hydrogen-bond donors (Lipinski definition) is 0. The van der Waals surface area contributed by atoms with Gasteiger partial charge in [-0.25, -0.2) is 4.98 Å². The van der Waals surface area contributed by atoms with E-state index in [4.69, 9.17) is 4.98 Å². The van der Waals surface area contributed by atoms with Crippen LogP contribution in [-0.4, -0.2) is 9.97 Å². The second-order valence-corrected chi connectivity index (χ2v) is 10.6. The molecule has 5 rings (SSSR count). The molecule has 0 saturated heterocycles. The largest absolute Gasteiger partial charge is 0.260 e. The number of pyridine rings is 2. The van der Waals surface area contributed by atoms with E-state index in [-0.39, 0.29) is 5.41 Å². The number of halogens is 2. The second kappa shape index (κ2) is 7.71. The molecule has 0 bridgehead atoms. The Balaban J connectivity index is 1.64. The van der Waals surface area contributed by atoms with Crippen LogP contribution < -0.4 is 0 Å². The van der Waals surface area contributed by atoms with Gasteiger partial charge in [0.15, 0.2) is 0 Å². The van der Waals surface area contributed by atoms with Crippen molar-refractivity contribution in [1.82, 2.24) is 9.97 Å². The van der Waals surface area contributed by atoms with Crippen LogP contribution in [0.3, 0.4) is 0 Å². The first-order valence-corrected chi connectivity index (χ1v) is 12.1. The van der Waals surface area contributed by atoms with Crippen molar-refractivity contribution < 1.29 is 0 Å². The molecule has 2 nitrogen and oxygen atoms in total. The highest BCUT2D eigenvalue weighted by Gasteiger charge is 2.29. The molecule has 0 N–H and O–H groups in total. The van der Waals surface area contributed by atoms with Crippen molar-refractivity contribution >= 4 is 45.2 Å². The lowest BCUT2D eigenvalue weighted by Gasteiger charge is -2.26. The Morgan fingerprint density at radius 3 is 2.53 bits per heavy atom. The van der Waals surface area contributed by atoms with Crippen LogP contribution in [0.4, 0.5) is 0 Å². The van der Waals surface area contributed by atoms with Gasteiger partial charge in [0.05, 0.1) is 17.1 Å². The molecule has 0 fully saturated rings. The molecule has 4 heteroatoms. The summed E-state index contributed by atoms with van der Waals surface area (Å²) in [7, 11) is 0. The third kappa shape index (κ3) is 3.47. The van der Waals surface area contributed by atoms with Crippen molar-refractivity contribution in [2.24, 2.45) is 0 Å². The zero-order valence-corrected chi connectivity index (χ0v) is 21.1. The first-order valence-electron chi connectivity index (χ1n) is 9.94. The van der Waals surface area contributed by atoms with Crippen LogP contribution in [0.25, 0.3) is 22.5 Å². The Labute approximate surface area is 204 Å². The topological polar surface area (TPSA) is 25.8 Å². The summed E-state index contributed by atoms with van der Waals surface area (Å²) in [4.78, 5) is 9.76. The molecular formula is C26H20I2N2. The molecule has 2 aromatic carbocycles. The standard InChI is InChI=1S/C26H20I2N2/c1-26(2,24-8-3-4-11-29-24)18-14-21-20(22(28)15-18)13-17-9-10-23(30-25(17)21)16-6-5-7-19(27)12-16/h3-12,14-15H,13H2,1-2H3. The molecule has 148 valence electrons. The number of benzene rings is 2. The van der Waals surface area contributed by atoms with Gasteiger partial charge in [-0.05, 0) is 104 Å². The van der Waals surface area contributed by atoms with E-state index in [1.807, 2.05) is 12.3 Å². The molecule has 0 radical (unpaired) electrons. The zero-order valence-electron chi connectivity index (χ0n) is 16.8. The minimum atomic E-state index is -0.174. The second-order valence-electron chi connectivity index (χ2n) is 8.22. The minimum Gasteiger partial charge on any atom is -0.260 e. The van der Waals surface area contributed by atoms with Gasteiger partial charge in [0.25, 0.3) is 0 Å². The first-order chi connectivity index (χ1) is 14.4. The third-order valence-corrected chi connectivity index (χ3v) is 7.58. The molecular weight excluding hydrogens is 594 g/mol. The van der Waals surface area contributed by atoms with Gasteiger partial charge in [-0.1, -0.05) is 38.1 Å². The summed E-state index contributed by atoms with van der Waals surface area (Å²) < 4.78 is 2.53. The van der Waals surface area contributed by atoms with Crippen LogP contribution in [0.1, 0.15) is 36.2 Å². The van der Waals surface area contributed by atoms with Crippen molar-refractivity contribution in [3.8, 4) is 22.5 Å². The molecule has 30 heavy (non-hydrogen) atoms. The van der Waals surface area contributed by atoms with Crippen LogP contribution in [0, 0.1) is 7.14 Å². The fraction of sp³-hybridized carbons (Fsp3) is 0.154. The van der Waals surface area contributed by atoms with Gasteiger partial charge in [-0.3, -0.25) is 4.98 Å². The van der Waals surface area contributed by atoms with E-state index >= 15 is 0 Å². The molecule has 0 saturated carbocycles. The number of nitrogens with zero attached hydrogens (tertiary/aromatic N) is 2. The summed E-state index contributed by atoms with van der Waals surface area (Å²) in [6, 6.07) is 23.7. The van der Waals surface area contributed by atoms with Gasteiger partial charge in [0.1, 0.15) is 0 Å². The van der Waals surface area contributed by atoms with E-state index in [0.29, 0.717) is 0 Å². The summed E-state index contributed by atoms with van der Waals surface area (Å²) in [6.45, 7) is 4.50. The lowest BCUT2D eigenvalue weighted by Crippen LogP contribution is -2.21. The van der Waals surface area contributed by atoms with Crippen LogP contribution in [0.2, 0.25) is 0 Å².